The summed E-state index contributed by atoms with van der Waals surface area (Å²) in [5.74, 6) is 1.14. The molecule has 0 spiro atoms. The molecule has 0 radical (unpaired) electrons. The minimum absolute atomic E-state index is 0.00446. The molecule has 190 valence electrons. The number of thioether (sulfide) groups is 1. The highest BCUT2D eigenvalue weighted by molar-refractivity contribution is 8.18. The van der Waals surface area contributed by atoms with E-state index < -0.39 is 11.1 Å². The Morgan fingerprint density at radius 1 is 1.03 bits per heavy atom. The van der Waals surface area contributed by atoms with Crippen molar-refractivity contribution in [3.05, 3.63) is 87.0 Å². The highest BCUT2D eigenvalue weighted by atomic mass is 35.5. The smallest absolute Gasteiger partial charge is 0.293 e. The number of benzene rings is 3. The zero-order valence-electron chi connectivity index (χ0n) is 19.7. The lowest BCUT2D eigenvalue weighted by atomic mass is 10.1. The molecule has 0 atom stereocenters. The third-order valence-electron chi connectivity index (χ3n) is 5.65. The topological polar surface area (TPSA) is 74.3 Å². The van der Waals surface area contributed by atoms with Gasteiger partial charge in [-0.1, -0.05) is 35.9 Å². The van der Waals surface area contributed by atoms with Crippen LogP contribution in [-0.2, 0) is 17.9 Å². The predicted octanol–water partition coefficient (Wildman–Crippen LogP) is 6.42. The number of hydrogen-bond acceptors (Lipinski definition) is 7. The van der Waals surface area contributed by atoms with E-state index in [4.69, 9.17) is 30.5 Å². The molecule has 0 unspecified atom stereocenters. The summed E-state index contributed by atoms with van der Waals surface area (Å²) in [6.45, 7) is 2.35. The Kier molecular flexibility index (Phi) is 7.25. The van der Waals surface area contributed by atoms with Gasteiger partial charge < -0.3 is 18.9 Å². The number of ether oxygens (including phenoxy) is 4. The summed E-state index contributed by atoms with van der Waals surface area (Å²) in [6.07, 6.45) is 1.62. The second kappa shape index (κ2) is 10.7. The van der Waals surface area contributed by atoms with Crippen LogP contribution >= 0.6 is 23.4 Å². The molecular formula is C27H21ClFNO6S. The molecule has 1 fully saturated rings. The summed E-state index contributed by atoms with van der Waals surface area (Å²) in [7, 11) is 0. The van der Waals surface area contributed by atoms with Crippen LogP contribution < -0.4 is 18.9 Å². The van der Waals surface area contributed by atoms with Crippen LogP contribution in [0.25, 0.3) is 6.08 Å². The Balaban J connectivity index is 1.33. The van der Waals surface area contributed by atoms with Crippen molar-refractivity contribution < 1.29 is 32.9 Å². The van der Waals surface area contributed by atoms with Crippen molar-refractivity contribution in [3.8, 4) is 23.0 Å². The second-order valence-electron chi connectivity index (χ2n) is 8.08. The van der Waals surface area contributed by atoms with E-state index in [1.807, 2.05) is 6.92 Å². The van der Waals surface area contributed by atoms with E-state index in [2.05, 4.69) is 0 Å². The van der Waals surface area contributed by atoms with Gasteiger partial charge in [0.25, 0.3) is 11.1 Å². The van der Waals surface area contributed by atoms with Gasteiger partial charge in [-0.2, -0.15) is 0 Å². The molecule has 37 heavy (non-hydrogen) atoms. The molecule has 0 aromatic heterocycles. The van der Waals surface area contributed by atoms with Crippen molar-refractivity contribution >= 4 is 40.6 Å². The first-order chi connectivity index (χ1) is 17.9. The third kappa shape index (κ3) is 5.38. The lowest BCUT2D eigenvalue weighted by molar-refractivity contribution is -0.123. The average Bonchev–Trinajstić information content (AvgIpc) is 3.43. The SMILES string of the molecule is CCOc1cc(/C=C2\SC(=O)N(Cc3cc4c(cc3Cl)OCO4)C2=O)ccc1OCc1ccccc1F. The largest absolute Gasteiger partial charge is 0.490 e. The van der Waals surface area contributed by atoms with Crippen molar-refractivity contribution in [2.45, 2.75) is 20.1 Å². The molecule has 2 heterocycles. The first kappa shape index (κ1) is 25.0. The molecule has 2 aliphatic heterocycles. The maximum Gasteiger partial charge on any atom is 0.293 e. The van der Waals surface area contributed by atoms with Crippen LogP contribution in [0.2, 0.25) is 5.02 Å². The van der Waals surface area contributed by atoms with E-state index >= 15 is 0 Å². The van der Waals surface area contributed by atoms with Crippen LogP contribution in [0.3, 0.4) is 0 Å². The summed E-state index contributed by atoms with van der Waals surface area (Å²) < 4.78 is 36.1. The van der Waals surface area contributed by atoms with Crippen LogP contribution in [0.1, 0.15) is 23.6 Å². The summed E-state index contributed by atoms with van der Waals surface area (Å²) in [6, 6.07) is 14.8. The Bertz CT molecular complexity index is 1410. The van der Waals surface area contributed by atoms with Crippen molar-refractivity contribution in [2.24, 2.45) is 0 Å². The summed E-state index contributed by atoms with van der Waals surface area (Å²) in [5.41, 5.74) is 1.64. The van der Waals surface area contributed by atoms with E-state index in [1.165, 1.54) is 6.07 Å². The Morgan fingerprint density at radius 2 is 1.81 bits per heavy atom. The van der Waals surface area contributed by atoms with Gasteiger partial charge in [0.2, 0.25) is 6.79 Å². The fraction of sp³-hybridized carbons (Fsp3) is 0.185. The van der Waals surface area contributed by atoms with E-state index in [1.54, 1.807) is 54.6 Å². The monoisotopic (exact) mass is 541 g/mol. The minimum atomic E-state index is -0.429. The van der Waals surface area contributed by atoms with Crippen molar-refractivity contribution in [2.75, 3.05) is 13.4 Å². The van der Waals surface area contributed by atoms with Gasteiger partial charge in [0.05, 0.1) is 18.1 Å². The lowest BCUT2D eigenvalue weighted by Crippen LogP contribution is -2.27. The van der Waals surface area contributed by atoms with Crippen LogP contribution in [0.15, 0.2) is 59.5 Å². The number of halogens is 2. The highest BCUT2D eigenvalue weighted by Gasteiger charge is 2.35. The maximum atomic E-state index is 13.9. The summed E-state index contributed by atoms with van der Waals surface area (Å²) in [5, 5.41) is -0.0283. The molecule has 2 aliphatic rings. The Morgan fingerprint density at radius 3 is 2.59 bits per heavy atom. The molecule has 7 nitrogen and oxygen atoms in total. The molecular weight excluding hydrogens is 521 g/mol. The zero-order valence-corrected chi connectivity index (χ0v) is 21.2. The molecule has 5 rings (SSSR count). The van der Waals surface area contributed by atoms with Gasteiger partial charge in [0.15, 0.2) is 23.0 Å². The molecule has 3 aromatic rings. The molecule has 1 saturated heterocycles. The van der Waals surface area contributed by atoms with Gasteiger partial charge in [-0.05, 0) is 60.2 Å². The first-order valence-corrected chi connectivity index (χ1v) is 12.6. The third-order valence-corrected chi connectivity index (χ3v) is 6.91. The van der Waals surface area contributed by atoms with E-state index in [-0.39, 0.29) is 30.7 Å². The second-order valence-corrected chi connectivity index (χ2v) is 9.48. The van der Waals surface area contributed by atoms with Crippen LogP contribution in [0, 0.1) is 5.82 Å². The molecule has 2 amide bonds. The van der Waals surface area contributed by atoms with Crippen LogP contribution in [-0.4, -0.2) is 29.4 Å². The number of amides is 2. The fourth-order valence-electron chi connectivity index (χ4n) is 3.81. The van der Waals surface area contributed by atoms with E-state index in [9.17, 15) is 14.0 Å². The average molecular weight is 542 g/mol. The molecule has 0 bridgehead atoms. The van der Waals surface area contributed by atoms with Crippen molar-refractivity contribution in [3.63, 3.8) is 0 Å². The summed E-state index contributed by atoms with van der Waals surface area (Å²) in [4.78, 5) is 27.1. The molecule has 0 aliphatic carbocycles. The minimum Gasteiger partial charge on any atom is -0.490 e. The van der Waals surface area contributed by atoms with E-state index in [0.717, 1.165) is 16.7 Å². The van der Waals surface area contributed by atoms with Gasteiger partial charge in [-0.3, -0.25) is 14.5 Å². The van der Waals surface area contributed by atoms with Crippen LogP contribution in [0.4, 0.5) is 9.18 Å². The van der Waals surface area contributed by atoms with Gasteiger partial charge in [-0.25, -0.2) is 4.39 Å². The Hall–Kier alpha value is -3.69. The first-order valence-electron chi connectivity index (χ1n) is 11.4. The van der Waals surface area contributed by atoms with Gasteiger partial charge in [0.1, 0.15) is 12.4 Å². The van der Waals surface area contributed by atoms with Crippen molar-refractivity contribution in [1.29, 1.82) is 0 Å². The van der Waals surface area contributed by atoms with Gasteiger partial charge in [-0.15, -0.1) is 0 Å². The zero-order chi connectivity index (χ0) is 25.9. The van der Waals surface area contributed by atoms with Gasteiger partial charge >= 0.3 is 0 Å². The van der Waals surface area contributed by atoms with Gasteiger partial charge in [0, 0.05) is 16.7 Å². The maximum absolute atomic E-state index is 13.9. The standard InChI is InChI=1S/C27H21ClFNO6S/c1-2-33-22-9-16(7-8-21(22)34-14-17-5-3-4-6-20(17)29)10-25-26(31)30(27(32)37-25)13-18-11-23-24(12-19(18)28)36-15-35-23/h3-12H,2,13-15H2,1H3/b25-10-. The number of carbonyl (C=O) groups is 2. The molecule has 0 N–H and O–H groups in total. The molecule has 0 saturated carbocycles. The number of rotatable bonds is 8. The number of fused-ring (bicyclic) bond motifs is 1. The van der Waals surface area contributed by atoms with Crippen molar-refractivity contribution in [1.82, 2.24) is 4.90 Å². The number of nitrogens with zero attached hydrogens (tertiary/aromatic N) is 1. The predicted molar refractivity (Wildman–Crippen MR) is 137 cm³/mol. The van der Waals surface area contributed by atoms with E-state index in [0.29, 0.717) is 51.3 Å². The number of imide groups is 1. The molecule has 10 heteroatoms. The lowest BCUT2D eigenvalue weighted by Gasteiger charge is -2.14. The van der Waals surface area contributed by atoms with Crippen LogP contribution in [0.5, 0.6) is 23.0 Å². The summed E-state index contributed by atoms with van der Waals surface area (Å²) >= 11 is 7.18. The Labute approximate surface area is 221 Å². The number of carbonyl (C=O) groups excluding carboxylic acids is 2. The molecule has 3 aromatic carbocycles. The quantitative estimate of drug-likeness (QED) is 0.304. The number of hydrogen-bond donors (Lipinski definition) is 0. The fourth-order valence-corrected chi connectivity index (χ4v) is 4.86. The highest BCUT2D eigenvalue weighted by Crippen LogP contribution is 2.40. The normalized spacial score (nSPS) is 15.5.